The summed E-state index contributed by atoms with van der Waals surface area (Å²) < 4.78 is 5.11. The highest BCUT2D eigenvalue weighted by Crippen LogP contribution is 2.31. The molecule has 1 N–H and O–H groups in total. The fourth-order valence-corrected chi connectivity index (χ4v) is 3.31. The van der Waals surface area contributed by atoms with Gasteiger partial charge in [-0.05, 0) is 43.9 Å². The molecule has 0 aromatic carbocycles. The van der Waals surface area contributed by atoms with Crippen LogP contribution in [0.15, 0.2) is 45.1 Å². The molecule has 0 radical (unpaired) electrons. The van der Waals surface area contributed by atoms with Gasteiger partial charge in [0.05, 0.1) is 11.4 Å². The molecule has 0 saturated carbocycles. The second-order valence-electron chi connectivity index (χ2n) is 6.96. The summed E-state index contributed by atoms with van der Waals surface area (Å²) in [7, 11) is 0. The smallest absolute Gasteiger partial charge is 0.248 e. The van der Waals surface area contributed by atoms with Gasteiger partial charge in [-0.1, -0.05) is 25.1 Å². The third-order valence-corrected chi connectivity index (χ3v) is 4.71. The Bertz CT molecular complexity index is 849. The van der Waals surface area contributed by atoms with Crippen molar-refractivity contribution in [2.45, 2.75) is 40.5 Å². The first kappa shape index (κ1) is 18.0. The molecular formula is C20H23N3O3. The zero-order valence-electron chi connectivity index (χ0n) is 15.5. The number of aromatic nitrogens is 1. The second-order valence-corrected chi connectivity index (χ2v) is 6.96. The summed E-state index contributed by atoms with van der Waals surface area (Å²) in [5, 5.41) is 6.75. The van der Waals surface area contributed by atoms with Gasteiger partial charge in [0.1, 0.15) is 5.76 Å². The van der Waals surface area contributed by atoms with Gasteiger partial charge in [-0.3, -0.25) is 9.59 Å². The molecule has 0 bridgehead atoms. The highest BCUT2D eigenvalue weighted by atomic mass is 16.5. The van der Waals surface area contributed by atoms with Crippen LogP contribution in [0.3, 0.4) is 0 Å². The molecule has 2 aliphatic rings. The minimum atomic E-state index is -0.207. The SMILES string of the molecule is Cc1noc(C)c1CCC(=O)N=C1C=CC2C(=C1)NC(=O)C=C2C(C)C. The van der Waals surface area contributed by atoms with Crippen LogP contribution in [0.25, 0.3) is 0 Å². The van der Waals surface area contributed by atoms with E-state index in [1.807, 2.05) is 26.0 Å². The first-order valence-corrected chi connectivity index (χ1v) is 8.80. The summed E-state index contributed by atoms with van der Waals surface area (Å²) in [5.74, 6) is 0.721. The second kappa shape index (κ2) is 7.23. The highest BCUT2D eigenvalue weighted by Gasteiger charge is 2.27. The van der Waals surface area contributed by atoms with E-state index in [0.717, 1.165) is 28.3 Å². The Morgan fingerprint density at radius 3 is 2.77 bits per heavy atom. The van der Waals surface area contributed by atoms with Gasteiger partial charge < -0.3 is 9.84 Å². The predicted molar refractivity (Wildman–Crippen MR) is 98.5 cm³/mol. The number of aryl methyl sites for hydroxylation is 2. The van der Waals surface area contributed by atoms with Gasteiger partial charge in [0, 0.05) is 29.7 Å². The number of allylic oxidation sites excluding steroid dienone is 3. The molecule has 3 rings (SSSR count). The third-order valence-electron chi connectivity index (χ3n) is 4.71. The maximum Gasteiger partial charge on any atom is 0.248 e. The van der Waals surface area contributed by atoms with Gasteiger partial charge in [-0.25, -0.2) is 4.99 Å². The largest absolute Gasteiger partial charge is 0.361 e. The number of carbonyl (C=O) groups excluding carboxylic acids is 2. The van der Waals surface area contributed by atoms with Crippen molar-refractivity contribution in [3.05, 3.63) is 52.6 Å². The van der Waals surface area contributed by atoms with E-state index in [2.05, 4.69) is 29.3 Å². The quantitative estimate of drug-likeness (QED) is 0.902. The van der Waals surface area contributed by atoms with Crippen molar-refractivity contribution in [3.8, 4) is 0 Å². The summed E-state index contributed by atoms with van der Waals surface area (Å²) in [6.45, 7) is 7.84. The van der Waals surface area contributed by atoms with E-state index < -0.39 is 0 Å². The van der Waals surface area contributed by atoms with Crippen LogP contribution in [0.5, 0.6) is 0 Å². The first-order valence-electron chi connectivity index (χ1n) is 8.80. The summed E-state index contributed by atoms with van der Waals surface area (Å²) in [6, 6.07) is 0. The lowest BCUT2D eigenvalue weighted by molar-refractivity contribution is -0.118. The predicted octanol–water partition coefficient (Wildman–Crippen LogP) is 2.97. The molecule has 1 aromatic rings. The zero-order chi connectivity index (χ0) is 18.8. The maximum atomic E-state index is 12.2. The number of fused-ring (bicyclic) bond motifs is 1. The number of amides is 2. The summed E-state index contributed by atoms with van der Waals surface area (Å²) in [4.78, 5) is 28.3. The lowest BCUT2D eigenvalue weighted by atomic mass is 9.82. The lowest BCUT2D eigenvalue weighted by Crippen LogP contribution is -2.34. The average Bonchev–Trinajstić information content (AvgIpc) is 2.90. The minimum absolute atomic E-state index is 0.0454. The summed E-state index contributed by atoms with van der Waals surface area (Å²) in [5.41, 5.74) is 4.18. The van der Waals surface area contributed by atoms with E-state index in [-0.39, 0.29) is 30.1 Å². The van der Waals surface area contributed by atoms with Gasteiger partial charge in [0.15, 0.2) is 0 Å². The monoisotopic (exact) mass is 353 g/mol. The topological polar surface area (TPSA) is 84.6 Å². The van der Waals surface area contributed by atoms with Gasteiger partial charge in [0.25, 0.3) is 0 Å². The third kappa shape index (κ3) is 3.74. The van der Waals surface area contributed by atoms with E-state index >= 15 is 0 Å². The Labute approximate surface area is 152 Å². The van der Waals surface area contributed by atoms with Crippen molar-refractivity contribution in [2.75, 3.05) is 0 Å². The van der Waals surface area contributed by atoms with E-state index in [0.29, 0.717) is 12.1 Å². The number of carbonyl (C=O) groups is 2. The van der Waals surface area contributed by atoms with Crippen molar-refractivity contribution < 1.29 is 14.1 Å². The Morgan fingerprint density at radius 1 is 1.35 bits per heavy atom. The fourth-order valence-electron chi connectivity index (χ4n) is 3.31. The molecule has 1 aliphatic carbocycles. The number of nitrogens with zero attached hydrogens (tertiary/aromatic N) is 2. The van der Waals surface area contributed by atoms with Gasteiger partial charge in [0.2, 0.25) is 11.8 Å². The number of hydrogen-bond donors (Lipinski definition) is 1. The van der Waals surface area contributed by atoms with Crippen LogP contribution in [0.2, 0.25) is 0 Å². The number of hydrogen-bond acceptors (Lipinski definition) is 4. The lowest BCUT2D eigenvalue weighted by Gasteiger charge is -2.29. The zero-order valence-corrected chi connectivity index (χ0v) is 15.5. The first-order chi connectivity index (χ1) is 12.3. The van der Waals surface area contributed by atoms with E-state index in [9.17, 15) is 9.59 Å². The number of rotatable bonds is 4. The van der Waals surface area contributed by atoms with Crippen LogP contribution in [0.4, 0.5) is 0 Å². The van der Waals surface area contributed by atoms with Crippen molar-refractivity contribution in [1.82, 2.24) is 10.5 Å². The van der Waals surface area contributed by atoms with Gasteiger partial charge >= 0.3 is 0 Å². The van der Waals surface area contributed by atoms with Crippen molar-refractivity contribution in [1.29, 1.82) is 0 Å². The highest BCUT2D eigenvalue weighted by molar-refractivity contribution is 6.11. The van der Waals surface area contributed by atoms with Crippen LogP contribution >= 0.6 is 0 Å². The van der Waals surface area contributed by atoms with E-state index in [1.165, 1.54) is 0 Å². The molecule has 0 saturated heterocycles. The molecule has 6 heteroatoms. The average molecular weight is 353 g/mol. The molecule has 1 aromatic heterocycles. The van der Waals surface area contributed by atoms with Crippen LogP contribution in [-0.4, -0.2) is 22.7 Å². The Morgan fingerprint density at radius 2 is 2.12 bits per heavy atom. The Hall–Kier alpha value is -2.76. The Kier molecular flexibility index (Phi) is 5.02. The van der Waals surface area contributed by atoms with E-state index in [4.69, 9.17) is 4.52 Å². The molecule has 2 amide bonds. The number of aliphatic imine (C=N–C) groups is 1. The maximum absolute atomic E-state index is 12.2. The molecule has 2 heterocycles. The van der Waals surface area contributed by atoms with Gasteiger partial charge in [-0.15, -0.1) is 0 Å². The number of nitrogens with one attached hydrogen (secondary N) is 1. The molecule has 26 heavy (non-hydrogen) atoms. The molecule has 1 aliphatic heterocycles. The molecule has 6 nitrogen and oxygen atoms in total. The standard InChI is InChI=1S/C20H23N3O3/c1-11(2)17-10-20(25)22-18-9-14(5-6-16(17)18)21-19(24)8-7-15-12(3)23-26-13(15)4/h5-6,9-11,16H,7-8H2,1-4H3,(H,22,25). The van der Waals surface area contributed by atoms with E-state index in [1.54, 1.807) is 12.2 Å². The molecule has 1 unspecified atom stereocenters. The van der Waals surface area contributed by atoms with Crippen LogP contribution in [0.1, 0.15) is 37.3 Å². The van der Waals surface area contributed by atoms with Crippen molar-refractivity contribution in [2.24, 2.45) is 16.8 Å². The van der Waals surface area contributed by atoms with Crippen molar-refractivity contribution in [3.63, 3.8) is 0 Å². The summed E-state index contributed by atoms with van der Waals surface area (Å²) in [6.07, 6.45) is 8.11. The minimum Gasteiger partial charge on any atom is -0.361 e. The molecular weight excluding hydrogens is 330 g/mol. The van der Waals surface area contributed by atoms with Crippen molar-refractivity contribution >= 4 is 17.5 Å². The normalized spacial score (nSPS) is 20.7. The Balaban J connectivity index is 1.71. The van der Waals surface area contributed by atoms with Crippen LogP contribution in [0, 0.1) is 25.7 Å². The molecule has 0 fully saturated rings. The summed E-state index contributed by atoms with van der Waals surface area (Å²) >= 11 is 0. The van der Waals surface area contributed by atoms with Crippen LogP contribution in [-0.2, 0) is 16.0 Å². The van der Waals surface area contributed by atoms with Crippen LogP contribution < -0.4 is 5.32 Å². The van der Waals surface area contributed by atoms with Gasteiger partial charge in [-0.2, -0.15) is 0 Å². The molecule has 0 spiro atoms. The fraction of sp³-hybridized carbons (Fsp3) is 0.400. The molecule has 1 atom stereocenters. The molecule has 136 valence electrons.